The fraction of sp³-hybridized carbons (Fsp3) is 0.400. The maximum absolute atomic E-state index is 5.92. The van der Waals surface area contributed by atoms with E-state index >= 15 is 0 Å². The largest absolute Gasteiger partial charge is 0.375 e. The second-order valence-electron chi connectivity index (χ2n) is 4.76. The van der Waals surface area contributed by atoms with Crippen LogP contribution in [0.3, 0.4) is 0 Å². The molecule has 1 heterocycles. The summed E-state index contributed by atoms with van der Waals surface area (Å²) in [5.41, 5.74) is 9.42. The smallest absolute Gasteiger partial charge is 0.0948 e. The molecule has 0 fully saturated rings. The lowest BCUT2D eigenvalue weighted by molar-refractivity contribution is 0.613. The monoisotopic (exact) mass is 258 g/mol. The minimum absolute atomic E-state index is 0.0927. The van der Waals surface area contributed by atoms with Crippen molar-refractivity contribution in [3.05, 3.63) is 48.0 Å². The van der Waals surface area contributed by atoms with Gasteiger partial charge in [-0.25, -0.2) is 4.98 Å². The second kappa shape index (κ2) is 6.38. The van der Waals surface area contributed by atoms with Gasteiger partial charge in [0.15, 0.2) is 0 Å². The first-order valence-electron chi connectivity index (χ1n) is 6.78. The van der Waals surface area contributed by atoms with Crippen LogP contribution >= 0.6 is 0 Å². The maximum Gasteiger partial charge on any atom is 0.0948 e. The molecule has 0 saturated carbocycles. The van der Waals surface area contributed by atoms with Crippen LogP contribution in [0.25, 0.3) is 0 Å². The van der Waals surface area contributed by atoms with E-state index in [0.717, 1.165) is 24.3 Å². The molecule has 4 nitrogen and oxygen atoms in total. The fourth-order valence-electron chi connectivity index (χ4n) is 2.23. The van der Waals surface area contributed by atoms with Crippen LogP contribution in [0, 0.1) is 6.92 Å². The van der Waals surface area contributed by atoms with Crippen molar-refractivity contribution in [3.63, 3.8) is 0 Å². The molecule has 2 aromatic rings. The molecule has 1 aromatic carbocycles. The Balaban J connectivity index is 2.20. The predicted molar refractivity (Wildman–Crippen MR) is 79.1 cm³/mol. The van der Waals surface area contributed by atoms with Crippen molar-refractivity contribution >= 4 is 5.69 Å². The molecule has 3 N–H and O–H groups in total. The average Bonchev–Trinajstić information content (AvgIpc) is 2.86. The second-order valence-corrected chi connectivity index (χ2v) is 4.76. The SMILES string of the molecule is CCCn1cncc1C(CN)Nc1ccccc1C. The molecule has 0 aliphatic carbocycles. The molecule has 4 heteroatoms. The van der Waals surface area contributed by atoms with Gasteiger partial charge in [-0.3, -0.25) is 0 Å². The van der Waals surface area contributed by atoms with Crippen LogP contribution in [0.15, 0.2) is 36.8 Å². The highest BCUT2D eigenvalue weighted by Gasteiger charge is 2.14. The Hall–Kier alpha value is -1.81. The van der Waals surface area contributed by atoms with E-state index in [2.05, 4.69) is 40.8 Å². The van der Waals surface area contributed by atoms with E-state index in [0.29, 0.717) is 6.54 Å². The van der Waals surface area contributed by atoms with Gasteiger partial charge in [-0.1, -0.05) is 25.1 Å². The van der Waals surface area contributed by atoms with Gasteiger partial charge < -0.3 is 15.6 Å². The zero-order valence-electron chi connectivity index (χ0n) is 11.6. The Morgan fingerprint density at radius 1 is 1.37 bits per heavy atom. The number of benzene rings is 1. The van der Waals surface area contributed by atoms with Crippen molar-refractivity contribution in [2.45, 2.75) is 32.9 Å². The first-order valence-corrected chi connectivity index (χ1v) is 6.78. The molecule has 0 aliphatic rings. The van der Waals surface area contributed by atoms with Crippen molar-refractivity contribution in [2.75, 3.05) is 11.9 Å². The molecule has 0 spiro atoms. The zero-order chi connectivity index (χ0) is 13.7. The lowest BCUT2D eigenvalue weighted by atomic mass is 10.1. The van der Waals surface area contributed by atoms with Crippen molar-refractivity contribution in [1.82, 2.24) is 9.55 Å². The van der Waals surface area contributed by atoms with Crippen LogP contribution in [0.2, 0.25) is 0 Å². The highest BCUT2D eigenvalue weighted by molar-refractivity contribution is 5.51. The Bertz CT molecular complexity index is 518. The van der Waals surface area contributed by atoms with Crippen LogP contribution in [-0.2, 0) is 6.54 Å². The van der Waals surface area contributed by atoms with E-state index in [1.807, 2.05) is 24.7 Å². The van der Waals surface area contributed by atoms with E-state index in [1.165, 1.54) is 5.56 Å². The summed E-state index contributed by atoms with van der Waals surface area (Å²) in [6, 6.07) is 8.35. The van der Waals surface area contributed by atoms with Gasteiger partial charge in [-0.05, 0) is 25.0 Å². The van der Waals surface area contributed by atoms with Crippen molar-refractivity contribution < 1.29 is 0 Å². The highest BCUT2D eigenvalue weighted by atomic mass is 15.1. The molecule has 0 aliphatic heterocycles. The summed E-state index contributed by atoms with van der Waals surface area (Å²) in [6.45, 7) is 5.78. The van der Waals surface area contributed by atoms with E-state index < -0.39 is 0 Å². The Morgan fingerprint density at radius 2 is 2.16 bits per heavy atom. The highest BCUT2D eigenvalue weighted by Crippen LogP contribution is 2.21. The van der Waals surface area contributed by atoms with E-state index in [9.17, 15) is 0 Å². The minimum Gasteiger partial charge on any atom is -0.375 e. The van der Waals surface area contributed by atoms with Gasteiger partial charge in [0.25, 0.3) is 0 Å². The predicted octanol–water partition coefficient (Wildman–Crippen LogP) is 2.71. The molecular weight excluding hydrogens is 236 g/mol. The van der Waals surface area contributed by atoms with E-state index in [1.54, 1.807) is 0 Å². The number of nitrogens with zero attached hydrogens (tertiary/aromatic N) is 2. The number of aromatic nitrogens is 2. The Morgan fingerprint density at radius 3 is 2.84 bits per heavy atom. The van der Waals surface area contributed by atoms with Gasteiger partial charge in [-0.2, -0.15) is 0 Å². The van der Waals surface area contributed by atoms with Gasteiger partial charge >= 0.3 is 0 Å². The summed E-state index contributed by atoms with van der Waals surface area (Å²) in [4.78, 5) is 4.24. The molecule has 0 bridgehead atoms. The number of rotatable bonds is 6. The average molecular weight is 258 g/mol. The molecule has 1 aromatic heterocycles. The topological polar surface area (TPSA) is 55.9 Å². The summed E-state index contributed by atoms with van der Waals surface area (Å²) in [7, 11) is 0. The number of imidazole rings is 1. The lowest BCUT2D eigenvalue weighted by Crippen LogP contribution is -2.23. The fourth-order valence-corrected chi connectivity index (χ4v) is 2.23. The molecular formula is C15H22N4. The number of nitrogens with one attached hydrogen (secondary N) is 1. The first kappa shape index (κ1) is 13.6. The van der Waals surface area contributed by atoms with Crippen LogP contribution in [-0.4, -0.2) is 16.1 Å². The van der Waals surface area contributed by atoms with Gasteiger partial charge in [0.05, 0.1) is 24.3 Å². The van der Waals surface area contributed by atoms with Crippen LogP contribution in [0.1, 0.15) is 30.6 Å². The summed E-state index contributed by atoms with van der Waals surface area (Å²) in [5, 5.41) is 3.51. The molecule has 0 radical (unpaired) electrons. The molecule has 0 amide bonds. The van der Waals surface area contributed by atoms with Gasteiger partial charge in [-0.15, -0.1) is 0 Å². The quantitative estimate of drug-likeness (QED) is 0.837. The molecule has 1 atom stereocenters. The zero-order valence-corrected chi connectivity index (χ0v) is 11.6. The third-order valence-electron chi connectivity index (χ3n) is 3.28. The third kappa shape index (κ3) is 3.15. The third-order valence-corrected chi connectivity index (χ3v) is 3.28. The number of hydrogen-bond acceptors (Lipinski definition) is 3. The number of anilines is 1. The lowest BCUT2D eigenvalue weighted by Gasteiger charge is -2.21. The number of hydrogen-bond donors (Lipinski definition) is 2. The van der Waals surface area contributed by atoms with Crippen LogP contribution in [0.4, 0.5) is 5.69 Å². The number of aryl methyl sites for hydroxylation is 2. The molecule has 2 rings (SSSR count). The molecule has 19 heavy (non-hydrogen) atoms. The van der Waals surface area contributed by atoms with E-state index in [4.69, 9.17) is 5.73 Å². The summed E-state index contributed by atoms with van der Waals surface area (Å²) in [5.74, 6) is 0. The van der Waals surface area contributed by atoms with Crippen molar-refractivity contribution in [2.24, 2.45) is 5.73 Å². The standard InChI is InChI=1S/C15H22N4/c1-3-8-19-11-17-10-15(19)14(9-16)18-13-7-5-4-6-12(13)2/h4-7,10-11,14,18H,3,8-9,16H2,1-2H3. The summed E-state index contributed by atoms with van der Waals surface area (Å²) < 4.78 is 2.17. The van der Waals surface area contributed by atoms with Crippen LogP contribution < -0.4 is 11.1 Å². The number of para-hydroxylation sites is 1. The first-order chi connectivity index (χ1) is 9.26. The van der Waals surface area contributed by atoms with Gasteiger partial charge in [0.2, 0.25) is 0 Å². The Kier molecular flexibility index (Phi) is 4.58. The van der Waals surface area contributed by atoms with Crippen LogP contribution in [0.5, 0.6) is 0 Å². The normalized spacial score (nSPS) is 12.4. The van der Waals surface area contributed by atoms with E-state index in [-0.39, 0.29) is 6.04 Å². The Labute approximate surface area is 114 Å². The minimum atomic E-state index is 0.0927. The molecule has 1 unspecified atom stereocenters. The number of nitrogens with two attached hydrogens (primary N) is 1. The molecule has 102 valence electrons. The van der Waals surface area contributed by atoms with Crippen molar-refractivity contribution in [3.8, 4) is 0 Å². The van der Waals surface area contributed by atoms with Gasteiger partial charge in [0, 0.05) is 18.8 Å². The summed E-state index contributed by atoms with van der Waals surface area (Å²) >= 11 is 0. The summed E-state index contributed by atoms with van der Waals surface area (Å²) in [6.07, 6.45) is 4.87. The maximum atomic E-state index is 5.92. The van der Waals surface area contributed by atoms with Crippen molar-refractivity contribution in [1.29, 1.82) is 0 Å². The van der Waals surface area contributed by atoms with Gasteiger partial charge in [0.1, 0.15) is 0 Å². The molecule has 0 saturated heterocycles.